The number of aldehydes is 1. The van der Waals surface area contributed by atoms with Gasteiger partial charge in [0.15, 0.2) is 6.29 Å². The SMILES string of the molecule is O=Cc1cn(C2CCCCO2)c2ncc(Br)cc12. The molecule has 2 aromatic rings. The lowest BCUT2D eigenvalue weighted by molar-refractivity contribution is -0.0295. The van der Waals surface area contributed by atoms with Crippen molar-refractivity contribution in [2.75, 3.05) is 6.61 Å². The van der Waals surface area contributed by atoms with Crippen molar-refractivity contribution in [2.24, 2.45) is 0 Å². The maximum Gasteiger partial charge on any atom is 0.152 e. The first-order chi connectivity index (χ1) is 8.79. The lowest BCUT2D eigenvalue weighted by atomic mass is 10.2. The number of hydrogen-bond donors (Lipinski definition) is 0. The highest BCUT2D eigenvalue weighted by atomic mass is 79.9. The molecule has 0 saturated carbocycles. The zero-order valence-electron chi connectivity index (χ0n) is 9.80. The van der Waals surface area contributed by atoms with E-state index < -0.39 is 0 Å². The van der Waals surface area contributed by atoms with Gasteiger partial charge in [0.25, 0.3) is 0 Å². The molecule has 0 amide bonds. The van der Waals surface area contributed by atoms with E-state index in [4.69, 9.17) is 4.74 Å². The van der Waals surface area contributed by atoms with Crippen LogP contribution in [0, 0.1) is 0 Å². The molecule has 1 fully saturated rings. The molecule has 2 aromatic heterocycles. The van der Waals surface area contributed by atoms with Gasteiger partial charge in [-0.3, -0.25) is 4.79 Å². The van der Waals surface area contributed by atoms with Crippen molar-refractivity contribution in [1.82, 2.24) is 9.55 Å². The summed E-state index contributed by atoms with van der Waals surface area (Å²) < 4.78 is 8.61. The largest absolute Gasteiger partial charge is 0.358 e. The van der Waals surface area contributed by atoms with Gasteiger partial charge in [0.05, 0.1) is 0 Å². The normalized spacial score (nSPS) is 20.2. The summed E-state index contributed by atoms with van der Waals surface area (Å²) >= 11 is 3.38. The van der Waals surface area contributed by atoms with Gasteiger partial charge < -0.3 is 9.30 Å². The molecule has 0 bridgehead atoms. The predicted octanol–water partition coefficient (Wildman–Crippen LogP) is 3.31. The molecule has 1 unspecified atom stereocenters. The van der Waals surface area contributed by atoms with Crippen LogP contribution in [0.25, 0.3) is 11.0 Å². The van der Waals surface area contributed by atoms with Crippen LogP contribution in [0.15, 0.2) is 22.9 Å². The van der Waals surface area contributed by atoms with Gasteiger partial charge in [-0.15, -0.1) is 0 Å². The number of nitrogens with zero attached hydrogens (tertiary/aromatic N) is 2. The minimum atomic E-state index is 0.00336. The Balaban J connectivity index is 2.13. The van der Waals surface area contributed by atoms with E-state index in [9.17, 15) is 4.79 Å². The average molecular weight is 309 g/mol. The van der Waals surface area contributed by atoms with Crippen LogP contribution in [0.5, 0.6) is 0 Å². The van der Waals surface area contributed by atoms with E-state index in [1.165, 1.54) is 0 Å². The Morgan fingerprint density at radius 3 is 3.11 bits per heavy atom. The quantitative estimate of drug-likeness (QED) is 0.799. The van der Waals surface area contributed by atoms with Gasteiger partial charge in [-0.05, 0) is 41.3 Å². The molecule has 3 heterocycles. The van der Waals surface area contributed by atoms with E-state index in [-0.39, 0.29) is 6.23 Å². The highest BCUT2D eigenvalue weighted by molar-refractivity contribution is 9.10. The first-order valence-electron chi connectivity index (χ1n) is 6.02. The monoisotopic (exact) mass is 308 g/mol. The van der Waals surface area contributed by atoms with E-state index in [0.29, 0.717) is 5.56 Å². The molecule has 18 heavy (non-hydrogen) atoms. The smallest absolute Gasteiger partial charge is 0.152 e. The van der Waals surface area contributed by atoms with Crippen LogP contribution in [0.4, 0.5) is 0 Å². The number of rotatable bonds is 2. The number of halogens is 1. The number of aromatic nitrogens is 2. The standard InChI is InChI=1S/C13H13BrN2O2/c14-10-5-11-9(8-17)7-16(13(11)15-6-10)12-3-1-2-4-18-12/h5-8,12H,1-4H2. The van der Waals surface area contributed by atoms with E-state index in [2.05, 4.69) is 20.9 Å². The first-order valence-corrected chi connectivity index (χ1v) is 6.82. The van der Waals surface area contributed by atoms with Crippen LogP contribution < -0.4 is 0 Å². The van der Waals surface area contributed by atoms with Gasteiger partial charge in [0, 0.05) is 34.4 Å². The van der Waals surface area contributed by atoms with Gasteiger partial charge in [-0.25, -0.2) is 4.98 Å². The zero-order valence-corrected chi connectivity index (χ0v) is 11.4. The third-order valence-corrected chi connectivity index (χ3v) is 3.69. The van der Waals surface area contributed by atoms with Crippen LogP contribution in [-0.4, -0.2) is 22.4 Å². The molecular formula is C13H13BrN2O2. The van der Waals surface area contributed by atoms with Gasteiger partial charge in [0.2, 0.25) is 0 Å². The third-order valence-electron chi connectivity index (χ3n) is 3.26. The van der Waals surface area contributed by atoms with Crippen molar-refractivity contribution in [3.63, 3.8) is 0 Å². The summed E-state index contributed by atoms with van der Waals surface area (Å²) in [6, 6.07) is 1.92. The Morgan fingerprint density at radius 2 is 2.39 bits per heavy atom. The van der Waals surface area contributed by atoms with Gasteiger partial charge in [0.1, 0.15) is 11.9 Å². The molecule has 1 atom stereocenters. The first kappa shape index (κ1) is 11.9. The fraction of sp³-hybridized carbons (Fsp3) is 0.385. The van der Waals surface area contributed by atoms with Crippen LogP contribution in [0.2, 0.25) is 0 Å². The summed E-state index contributed by atoms with van der Waals surface area (Å²) in [5.41, 5.74) is 1.47. The second-order valence-corrected chi connectivity index (χ2v) is 5.37. The molecule has 4 nitrogen and oxygen atoms in total. The molecule has 0 aliphatic carbocycles. The second kappa shape index (κ2) is 4.82. The number of carbonyl (C=O) groups is 1. The summed E-state index contributed by atoms with van der Waals surface area (Å²) in [7, 11) is 0. The van der Waals surface area contributed by atoms with E-state index >= 15 is 0 Å². The van der Waals surface area contributed by atoms with Crippen molar-refractivity contribution < 1.29 is 9.53 Å². The average Bonchev–Trinajstić information content (AvgIpc) is 2.77. The highest BCUT2D eigenvalue weighted by Gasteiger charge is 2.20. The Hall–Kier alpha value is -1.20. The molecule has 1 aliphatic heterocycles. The molecule has 0 aromatic carbocycles. The van der Waals surface area contributed by atoms with Crippen molar-refractivity contribution in [2.45, 2.75) is 25.5 Å². The van der Waals surface area contributed by atoms with Crippen molar-refractivity contribution >= 4 is 33.2 Å². The predicted molar refractivity (Wildman–Crippen MR) is 71.7 cm³/mol. The molecule has 0 radical (unpaired) electrons. The van der Waals surface area contributed by atoms with Crippen LogP contribution >= 0.6 is 15.9 Å². The summed E-state index contributed by atoms with van der Waals surface area (Å²) in [5.74, 6) is 0. The molecule has 0 N–H and O–H groups in total. The van der Waals surface area contributed by atoms with Crippen molar-refractivity contribution in [3.8, 4) is 0 Å². The third kappa shape index (κ3) is 1.97. The van der Waals surface area contributed by atoms with Crippen LogP contribution in [0.1, 0.15) is 35.8 Å². The molecule has 94 valence electrons. The number of pyridine rings is 1. The molecule has 1 aliphatic rings. The fourth-order valence-electron chi connectivity index (χ4n) is 2.39. The van der Waals surface area contributed by atoms with Crippen molar-refractivity contribution in [3.05, 3.63) is 28.5 Å². The second-order valence-electron chi connectivity index (χ2n) is 4.46. The Morgan fingerprint density at radius 1 is 1.50 bits per heavy atom. The molecule has 3 rings (SSSR count). The van der Waals surface area contributed by atoms with Gasteiger partial charge >= 0.3 is 0 Å². The summed E-state index contributed by atoms with van der Waals surface area (Å²) in [5, 5.41) is 0.869. The van der Waals surface area contributed by atoms with Crippen LogP contribution in [0.3, 0.4) is 0 Å². The number of fused-ring (bicyclic) bond motifs is 1. The topological polar surface area (TPSA) is 44.1 Å². The lowest BCUT2D eigenvalue weighted by Crippen LogP contribution is -2.17. The Labute approximate surface area is 113 Å². The minimum Gasteiger partial charge on any atom is -0.358 e. The Bertz CT molecular complexity index is 588. The molecule has 1 saturated heterocycles. The minimum absolute atomic E-state index is 0.00336. The Kier molecular flexibility index (Phi) is 3.18. The van der Waals surface area contributed by atoms with E-state index in [1.807, 2.05) is 16.8 Å². The van der Waals surface area contributed by atoms with Gasteiger partial charge in [-0.2, -0.15) is 0 Å². The zero-order chi connectivity index (χ0) is 12.5. The fourth-order valence-corrected chi connectivity index (χ4v) is 2.72. The maximum absolute atomic E-state index is 11.1. The maximum atomic E-state index is 11.1. The number of carbonyl (C=O) groups excluding carboxylic acids is 1. The summed E-state index contributed by atoms with van der Waals surface area (Å²) in [4.78, 5) is 15.5. The molecule has 0 spiro atoms. The number of ether oxygens (including phenoxy) is 1. The van der Waals surface area contributed by atoms with E-state index in [0.717, 1.165) is 47.7 Å². The molecular weight excluding hydrogens is 296 g/mol. The lowest BCUT2D eigenvalue weighted by Gasteiger charge is -2.24. The van der Waals surface area contributed by atoms with Gasteiger partial charge in [-0.1, -0.05) is 0 Å². The van der Waals surface area contributed by atoms with E-state index in [1.54, 1.807) is 6.20 Å². The summed E-state index contributed by atoms with van der Waals surface area (Å²) in [6.45, 7) is 0.775. The number of hydrogen-bond acceptors (Lipinski definition) is 3. The summed E-state index contributed by atoms with van der Waals surface area (Å²) in [6.07, 6.45) is 7.69. The molecule has 5 heteroatoms. The highest BCUT2D eigenvalue weighted by Crippen LogP contribution is 2.29. The van der Waals surface area contributed by atoms with Crippen molar-refractivity contribution in [1.29, 1.82) is 0 Å². The van der Waals surface area contributed by atoms with Crippen LogP contribution in [-0.2, 0) is 4.74 Å².